The largest absolute Gasteiger partial charge is 0.467 e. The summed E-state index contributed by atoms with van der Waals surface area (Å²) in [6.07, 6.45) is 7.09. The average Bonchev–Trinajstić information content (AvgIpc) is 3.17. The van der Waals surface area contributed by atoms with E-state index in [0.717, 1.165) is 49.2 Å². The van der Waals surface area contributed by atoms with Gasteiger partial charge in [-0.2, -0.15) is 0 Å². The van der Waals surface area contributed by atoms with Crippen molar-refractivity contribution in [3.8, 4) is 0 Å². The minimum Gasteiger partial charge on any atom is -0.467 e. The standard InChI is InChI=1S/C23H26N2O3/c1-2-3-4-14-21(27)25-18-11-6-5-9-16(18)24-17-10-7-12-19(26)22(17)23(25)20-13-8-15-28-20/h5-6,8-9,11,13,15,23-24H,2-4,7,10,12,14H2,1H3. The number of hydrogen-bond donors (Lipinski definition) is 1. The van der Waals surface area contributed by atoms with E-state index < -0.39 is 6.04 Å². The maximum Gasteiger partial charge on any atom is 0.228 e. The highest BCUT2D eigenvalue weighted by molar-refractivity contribution is 6.05. The SMILES string of the molecule is CCCCCC(=O)N1c2ccccc2NC2=C(C(=O)CCC2)C1c1ccco1. The van der Waals surface area contributed by atoms with Gasteiger partial charge in [-0.25, -0.2) is 0 Å². The van der Waals surface area contributed by atoms with E-state index in [0.29, 0.717) is 24.2 Å². The topological polar surface area (TPSA) is 62.6 Å². The van der Waals surface area contributed by atoms with Crippen LogP contribution in [0.15, 0.2) is 58.3 Å². The first-order valence-electron chi connectivity index (χ1n) is 10.2. The fourth-order valence-electron chi connectivity index (χ4n) is 4.17. The molecular formula is C23H26N2O3. The van der Waals surface area contributed by atoms with Crippen molar-refractivity contribution in [3.63, 3.8) is 0 Å². The van der Waals surface area contributed by atoms with Gasteiger partial charge in [0, 0.05) is 24.1 Å². The first kappa shape index (κ1) is 18.5. The van der Waals surface area contributed by atoms with Crippen LogP contribution in [0.25, 0.3) is 0 Å². The van der Waals surface area contributed by atoms with Gasteiger partial charge in [0.05, 0.1) is 17.6 Å². The zero-order valence-electron chi connectivity index (χ0n) is 16.2. The molecule has 0 radical (unpaired) electrons. The third-order valence-corrected chi connectivity index (χ3v) is 5.51. The third kappa shape index (κ3) is 3.37. The Morgan fingerprint density at radius 3 is 2.82 bits per heavy atom. The van der Waals surface area contributed by atoms with E-state index in [1.54, 1.807) is 11.2 Å². The smallest absolute Gasteiger partial charge is 0.228 e. The third-order valence-electron chi connectivity index (χ3n) is 5.51. The first-order chi connectivity index (χ1) is 13.7. The predicted octanol–water partition coefficient (Wildman–Crippen LogP) is 5.37. The molecule has 5 nitrogen and oxygen atoms in total. The molecule has 1 aliphatic heterocycles. The van der Waals surface area contributed by atoms with E-state index in [9.17, 15) is 9.59 Å². The van der Waals surface area contributed by atoms with E-state index in [4.69, 9.17) is 4.42 Å². The Hall–Kier alpha value is -2.82. The summed E-state index contributed by atoms with van der Waals surface area (Å²) in [6.45, 7) is 2.12. The summed E-state index contributed by atoms with van der Waals surface area (Å²) >= 11 is 0. The number of benzene rings is 1. The molecule has 1 aromatic carbocycles. The number of para-hydroxylation sites is 2. The highest BCUT2D eigenvalue weighted by atomic mass is 16.3. The summed E-state index contributed by atoms with van der Waals surface area (Å²) in [5.74, 6) is 0.746. The molecule has 5 heteroatoms. The van der Waals surface area contributed by atoms with Gasteiger partial charge in [0.15, 0.2) is 5.78 Å². The average molecular weight is 378 g/mol. The van der Waals surface area contributed by atoms with Crippen molar-refractivity contribution in [1.82, 2.24) is 0 Å². The summed E-state index contributed by atoms with van der Waals surface area (Å²) < 4.78 is 5.74. The number of allylic oxidation sites excluding steroid dienone is 1. The van der Waals surface area contributed by atoms with Crippen molar-refractivity contribution in [1.29, 1.82) is 0 Å². The summed E-state index contributed by atoms with van der Waals surface area (Å²) in [5, 5.41) is 3.46. The minimum absolute atomic E-state index is 0.0243. The monoisotopic (exact) mass is 378 g/mol. The first-order valence-corrected chi connectivity index (χ1v) is 10.2. The minimum atomic E-state index is -0.525. The van der Waals surface area contributed by atoms with Crippen LogP contribution in [0.4, 0.5) is 11.4 Å². The molecule has 0 fully saturated rings. The zero-order chi connectivity index (χ0) is 19.5. The number of fused-ring (bicyclic) bond motifs is 1. The highest BCUT2D eigenvalue weighted by Gasteiger charge is 2.40. The molecule has 146 valence electrons. The zero-order valence-corrected chi connectivity index (χ0v) is 16.2. The number of anilines is 2. The van der Waals surface area contributed by atoms with Crippen LogP contribution in [0.2, 0.25) is 0 Å². The molecule has 1 amide bonds. The molecule has 28 heavy (non-hydrogen) atoms. The van der Waals surface area contributed by atoms with Gasteiger partial charge in [0.2, 0.25) is 5.91 Å². The number of ketones is 1. The molecule has 0 spiro atoms. The number of Topliss-reactive ketones (excluding diaryl/α,β-unsaturated/α-hetero) is 1. The van der Waals surface area contributed by atoms with Crippen molar-refractivity contribution in [3.05, 3.63) is 59.7 Å². The van der Waals surface area contributed by atoms with Gasteiger partial charge in [0.25, 0.3) is 0 Å². The number of rotatable bonds is 5. The second-order valence-corrected chi connectivity index (χ2v) is 7.45. The van der Waals surface area contributed by atoms with Crippen LogP contribution in [0.1, 0.15) is 63.7 Å². The number of hydrogen-bond acceptors (Lipinski definition) is 4. The second-order valence-electron chi connectivity index (χ2n) is 7.45. The van der Waals surface area contributed by atoms with Gasteiger partial charge in [-0.15, -0.1) is 0 Å². The lowest BCUT2D eigenvalue weighted by atomic mass is 9.88. The molecule has 1 aliphatic carbocycles. The molecule has 4 rings (SSSR count). The lowest BCUT2D eigenvalue weighted by Crippen LogP contribution is -2.37. The van der Waals surface area contributed by atoms with E-state index in [2.05, 4.69) is 12.2 Å². The number of furan rings is 1. The van der Waals surface area contributed by atoms with Gasteiger partial charge < -0.3 is 9.73 Å². The fraction of sp³-hybridized carbons (Fsp3) is 0.391. The Balaban J connectivity index is 1.87. The van der Waals surface area contributed by atoms with Gasteiger partial charge in [0.1, 0.15) is 11.8 Å². The quantitative estimate of drug-likeness (QED) is 0.711. The van der Waals surface area contributed by atoms with Gasteiger partial charge in [-0.3, -0.25) is 14.5 Å². The van der Waals surface area contributed by atoms with Crippen molar-refractivity contribution in [2.24, 2.45) is 0 Å². The molecule has 1 unspecified atom stereocenters. The molecule has 2 heterocycles. The van der Waals surface area contributed by atoms with Crippen molar-refractivity contribution in [2.75, 3.05) is 10.2 Å². The van der Waals surface area contributed by atoms with Crippen molar-refractivity contribution in [2.45, 2.75) is 57.9 Å². The van der Waals surface area contributed by atoms with E-state index in [1.165, 1.54) is 0 Å². The molecule has 0 saturated carbocycles. The number of carbonyl (C=O) groups is 2. The number of nitrogens with one attached hydrogen (secondary N) is 1. The Kier molecular flexibility index (Phi) is 5.33. The fourth-order valence-corrected chi connectivity index (χ4v) is 4.17. The van der Waals surface area contributed by atoms with Crippen LogP contribution >= 0.6 is 0 Å². The molecule has 1 atom stereocenters. The Morgan fingerprint density at radius 1 is 1.18 bits per heavy atom. The van der Waals surface area contributed by atoms with Gasteiger partial charge >= 0.3 is 0 Å². The van der Waals surface area contributed by atoms with Crippen molar-refractivity contribution < 1.29 is 14.0 Å². The maximum atomic E-state index is 13.4. The summed E-state index contributed by atoms with van der Waals surface area (Å²) in [4.78, 5) is 28.2. The van der Waals surface area contributed by atoms with E-state index in [1.807, 2.05) is 36.4 Å². The Morgan fingerprint density at radius 2 is 2.04 bits per heavy atom. The summed E-state index contributed by atoms with van der Waals surface area (Å²) in [6, 6.07) is 10.9. The number of nitrogens with zero attached hydrogens (tertiary/aromatic N) is 1. The van der Waals surface area contributed by atoms with Crippen LogP contribution in [0.5, 0.6) is 0 Å². The lowest BCUT2D eigenvalue weighted by molar-refractivity contribution is -0.119. The number of amides is 1. The predicted molar refractivity (Wildman–Crippen MR) is 109 cm³/mol. The van der Waals surface area contributed by atoms with E-state index in [-0.39, 0.29) is 11.7 Å². The van der Waals surface area contributed by atoms with E-state index >= 15 is 0 Å². The second kappa shape index (κ2) is 8.05. The molecular weight excluding hydrogens is 352 g/mol. The van der Waals surface area contributed by atoms with Crippen LogP contribution in [-0.4, -0.2) is 11.7 Å². The molecule has 1 N–H and O–H groups in total. The van der Waals surface area contributed by atoms with Crippen LogP contribution in [-0.2, 0) is 9.59 Å². The number of unbranched alkanes of at least 4 members (excludes halogenated alkanes) is 2. The van der Waals surface area contributed by atoms with Crippen LogP contribution < -0.4 is 10.2 Å². The highest BCUT2D eigenvalue weighted by Crippen LogP contribution is 2.45. The maximum absolute atomic E-state index is 13.4. The molecule has 0 bridgehead atoms. The Bertz CT molecular complexity index is 898. The molecule has 0 saturated heterocycles. The van der Waals surface area contributed by atoms with Gasteiger partial charge in [-0.05, 0) is 43.5 Å². The summed E-state index contributed by atoms with van der Waals surface area (Å²) in [5.41, 5.74) is 3.24. The van der Waals surface area contributed by atoms with Crippen LogP contribution in [0, 0.1) is 0 Å². The molecule has 1 aromatic heterocycles. The molecule has 2 aliphatic rings. The van der Waals surface area contributed by atoms with Crippen molar-refractivity contribution >= 4 is 23.1 Å². The van der Waals surface area contributed by atoms with Gasteiger partial charge in [-0.1, -0.05) is 31.9 Å². The Labute approximate surface area is 165 Å². The lowest BCUT2D eigenvalue weighted by Gasteiger charge is -2.32. The van der Waals surface area contributed by atoms with Crippen LogP contribution in [0.3, 0.4) is 0 Å². The normalized spacial score (nSPS) is 19.0. The molecule has 2 aromatic rings. The summed E-state index contributed by atoms with van der Waals surface area (Å²) in [7, 11) is 0. The number of carbonyl (C=O) groups excluding carboxylic acids is 2.